The van der Waals surface area contributed by atoms with Crippen LogP contribution in [0.4, 0.5) is 11.5 Å². The second kappa shape index (κ2) is 4.09. The molecule has 3 heteroatoms. The molecule has 0 saturated heterocycles. The number of nitrogens with zero attached hydrogens (tertiary/aromatic N) is 1. The van der Waals surface area contributed by atoms with Crippen LogP contribution in [0, 0.1) is 5.41 Å². The topological polar surface area (TPSA) is 50.9 Å². The molecule has 2 rings (SSSR count). The largest absolute Gasteiger partial charge is 0.384 e. The summed E-state index contributed by atoms with van der Waals surface area (Å²) in [5.74, 6) is 0.584. The molecule has 1 fully saturated rings. The molecule has 1 aromatic rings. The van der Waals surface area contributed by atoms with Crippen molar-refractivity contribution in [3.05, 3.63) is 18.3 Å². The smallest absolute Gasteiger partial charge is 0.125 e. The molecule has 0 radical (unpaired) electrons. The first-order valence-electron chi connectivity index (χ1n) is 5.69. The minimum absolute atomic E-state index is 0.576. The molecular formula is C12H19N3. The SMILES string of the molecule is CCCC1(CNc2ccnc(N)c2)CC1. The number of pyridine rings is 1. The third kappa shape index (κ3) is 2.61. The fourth-order valence-electron chi connectivity index (χ4n) is 2.07. The van der Waals surface area contributed by atoms with Crippen LogP contribution in [0.1, 0.15) is 32.6 Å². The quantitative estimate of drug-likeness (QED) is 0.777. The van der Waals surface area contributed by atoms with Gasteiger partial charge in [-0.05, 0) is 30.7 Å². The van der Waals surface area contributed by atoms with Crippen molar-refractivity contribution in [2.24, 2.45) is 5.41 Å². The molecule has 3 nitrogen and oxygen atoms in total. The van der Waals surface area contributed by atoms with Crippen molar-refractivity contribution in [3.63, 3.8) is 0 Å². The van der Waals surface area contributed by atoms with Crippen LogP contribution in [-0.2, 0) is 0 Å². The molecule has 1 aliphatic carbocycles. The highest BCUT2D eigenvalue weighted by Crippen LogP contribution is 2.49. The van der Waals surface area contributed by atoms with E-state index in [9.17, 15) is 0 Å². The van der Waals surface area contributed by atoms with E-state index in [2.05, 4.69) is 17.2 Å². The monoisotopic (exact) mass is 205 g/mol. The van der Waals surface area contributed by atoms with Crippen LogP contribution in [0.25, 0.3) is 0 Å². The zero-order valence-corrected chi connectivity index (χ0v) is 9.29. The highest BCUT2D eigenvalue weighted by molar-refractivity contribution is 5.49. The Morgan fingerprint density at radius 2 is 2.33 bits per heavy atom. The Balaban J connectivity index is 1.88. The summed E-state index contributed by atoms with van der Waals surface area (Å²) in [6.45, 7) is 3.33. The van der Waals surface area contributed by atoms with Gasteiger partial charge in [0.15, 0.2) is 0 Å². The Labute approximate surface area is 91.1 Å². The van der Waals surface area contributed by atoms with Gasteiger partial charge in [-0.1, -0.05) is 13.3 Å². The van der Waals surface area contributed by atoms with E-state index in [4.69, 9.17) is 5.73 Å². The van der Waals surface area contributed by atoms with Crippen molar-refractivity contribution in [3.8, 4) is 0 Å². The lowest BCUT2D eigenvalue weighted by Gasteiger charge is -2.15. The maximum atomic E-state index is 5.62. The number of hydrogen-bond acceptors (Lipinski definition) is 3. The average Bonchev–Trinajstić information content (AvgIpc) is 2.97. The van der Waals surface area contributed by atoms with Crippen LogP contribution < -0.4 is 11.1 Å². The number of nitrogens with two attached hydrogens (primary N) is 1. The molecule has 3 N–H and O–H groups in total. The van der Waals surface area contributed by atoms with Crippen LogP contribution in [-0.4, -0.2) is 11.5 Å². The summed E-state index contributed by atoms with van der Waals surface area (Å²) in [6, 6.07) is 3.86. The fourth-order valence-corrected chi connectivity index (χ4v) is 2.07. The summed E-state index contributed by atoms with van der Waals surface area (Å²) < 4.78 is 0. The first-order valence-corrected chi connectivity index (χ1v) is 5.69. The lowest BCUT2D eigenvalue weighted by molar-refractivity contribution is 0.486. The summed E-state index contributed by atoms with van der Waals surface area (Å²) >= 11 is 0. The van der Waals surface area contributed by atoms with Crippen molar-refractivity contribution in [2.75, 3.05) is 17.6 Å². The van der Waals surface area contributed by atoms with E-state index < -0.39 is 0 Å². The second-order valence-electron chi connectivity index (χ2n) is 4.57. The number of hydrogen-bond donors (Lipinski definition) is 2. The van der Waals surface area contributed by atoms with E-state index in [1.165, 1.54) is 25.7 Å². The predicted molar refractivity (Wildman–Crippen MR) is 63.7 cm³/mol. The minimum Gasteiger partial charge on any atom is -0.384 e. The van der Waals surface area contributed by atoms with Gasteiger partial charge >= 0.3 is 0 Å². The minimum atomic E-state index is 0.576. The third-order valence-electron chi connectivity index (χ3n) is 3.19. The van der Waals surface area contributed by atoms with Crippen LogP contribution in [0.3, 0.4) is 0 Å². The molecule has 0 unspecified atom stereocenters. The van der Waals surface area contributed by atoms with Gasteiger partial charge in [-0.2, -0.15) is 0 Å². The molecule has 15 heavy (non-hydrogen) atoms. The van der Waals surface area contributed by atoms with Crippen LogP contribution in [0.5, 0.6) is 0 Å². The molecule has 1 saturated carbocycles. The highest BCUT2D eigenvalue weighted by Gasteiger charge is 2.40. The van der Waals surface area contributed by atoms with Crippen molar-refractivity contribution in [1.29, 1.82) is 0 Å². The number of aromatic nitrogens is 1. The zero-order valence-electron chi connectivity index (χ0n) is 9.29. The van der Waals surface area contributed by atoms with Gasteiger partial charge in [0.2, 0.25) is 0 Å². The Morgan fingerprint density at radius 1 is 1.53 bits per heavy atom. The summed E-state index contributed by atoms with van der Waals surface area (Å²) in [7, 11) is 0. The number of rotatable bonds is 5. The molecule has 1 aliphatic rings. The maximum Gasteiger partial charge on any atom is 0.125 e. The first kappa shape index (κ1) is 10.3. The Kier molecular flexibility index (Phi) is 2.80. The molecule has 0 spiro atoms. The van der Waals surface area contributed by atoms with Gasteiger partial charge in [-0.25, -0.2) is 4.98 Å². The lowest BCUT2D eigenvalue weighted by atomic mass is 10.0. The molecule has 1 heterocycles. The number of nitrogen functional groups attached to an aromatic ring is 1. The second-order valence-corrected chi connectivity index (χ2v) is 4.57. The first-order chi connectivity index (χ1) is 7.24. The van der Waals surface area contributed by atoms with Gasteiger partial charge in [-0.3, -0.25) is 0 Å². The fraction of sp³-hybridized carbons (Fsp3) is 0.583. The molecule has 0 bridgehead atoms. The lowest BCUT2D eigenvalue weighted by Crippen LogP contribution is -2.15. The van der Waals surface area contributed by atoms with Crippen LogP contribution >= 0.6 is 0 Å². The number of nitrogens with one attached hydrogen (secondary N) is 1. The molecule has 0 atom stereocenters. The zero-order chi connectivity index (χ0) is 10.7. The molecule has 0 aromatic carbocycles. The molecule has 0 amide bonds. The summed E-state index contributed by atoms with van der Waals surface area (Å²) in [5, 5.41) is 3.45. The summed E-state index contributed by atoms with van der Waals surface area (Å²) in [5.41, 5.74) is 7.29. The third-order valence-corrected chi connectivity index (χ3v) is 3.19. The van der Waals surface area contributed by atoms with Crippen molar-refractivity contribution in [1.82, 2.24) is 4.98 Å². The predicted octanol–water partition coefficient (Wildman–Crippen LogP) is 2.66. The van der Waals surface area contributed by atoms with Crippen molar-refractivity contribution >= 4 is 11.5 Å². The van der Waals surface area contributed by atoms with Crippen molar-refractivity contribution in [2.45, 2.75) is 32.6 Å². The van der Waals surface area contributed by atoms with E-state index in [1.54, 1.807) is 6.20 Å². The summed E-state index contributed by atoms with van der Waals surface area (Å²) in [4.78, 5) is 3.97. The van der Waals surface area contributed by atoms with Crippen molar-refractivity contribution < 1.29 is 0 Å². The van der Waals surface area contributed by atoms with Crippen LogP contribution in [0.2, 0.25) is 0 Å². The van der Waals surface area contributed by atoms with E-state index in [1.807, 2.05) is 12.1 Å². The normalized spacial score (nSPS) is 17.4. The maximum absolute atomic E-state index is 5.62. The number of anilines is 2. The standard InChI is InChI=1S/C12H19N3/c1-2-4-12(5-6-12)9-15-10-3-7-14-11(13)8-10/h3,7-8H,2,4-6,9H2,1H3,(H3,13,14,15). The van der Waals surface area contributed by atoms with Gasteiger partial charge < -0.3 is 11.1 Å². The highest BCUT2D eigenvalue weighted by atomic mass is 14.9. The summed E-state index contributed by atoms with van der Waals surface area (Å²) in [6.07, 6.45) is 7.10. The molecule has 1 aromatic heterocycles. The van der Waals surface area contributed by atoms with E-state index in [0.29, 0.717) is 11.2 Å². The Hall–Kier alpha value is -1.25. The molecular weight excluding hydrogens is 186 g/mol. The molecule has 0 aliphatic heterocycles. The van der Waals surface area contributed by atoms with Gasteiger partial charge in [0.1, 0.15) is 5.82 Å². The Bertz CT molecular complexity index is 331. The van der Waals surface area contributed by atoms with E-state index in [0.717, 1.165) is 12.2 Å². The Morgan fingerprint density at radius 3 is 2.93 bits per heavy atom. The van der Waals surface area contributed by atoms with E-state index >= 15 is 0 Å². The molecule has 82 valence electrons. The average molecular weight is 205 g/mol. The van der Waals surface area contributed by atoms with Gasteiger partial charge in [-0.15, -0.1) is 0 Å². The van der Waals surface area contributed by atoms with Gasteiger partial charge in [0.25, 0.3) is 0 Å². The van der Waals surface area contributed by atoms with Gasteiger partial charge in [0, 0.05) is 24.5 Å². The van der Waals surface area contributed by atoms with Gasteiger partial charge in [0.05, 0.1) is 0 Å². The van der Waals surface area contributed by atoms with E-state index in [-0.39, 0.29) is 0 Å². The van der Waals surface area contributed by atoms with Crippen LogP contribution in [0.15, 0.2) is 18.3 Å².